The van der Waals surface area contributed by atoms with E-state index >= 15 is 0 Å². The molecular formula is C14H21N3. The van der Waals surface area contributed by atoms with Gasteiger partial charge in [0.1, 0.15) is 5.82 Å². The smallest absolute Gasteiger partial charge is 0.106 e. The second kappa shape index (κ2) is 4.88. The van der Waals surface area contributed by atoms with E-state index in [-0.39, 0.29) is 6.04 Å². The first-order chi connectivity index (χ1) is 8.11. The molecule has 0 spiro atoms. The highest BCUT2D eigenvalue weighted by molar-refractivity contribution is 5.76. The van der Waals surface area contributed by atoms with Crippen molar-refractivity contribution in [2.75, 3.05) is 0 Å². The van der Waals surface area contributed by atoms with Crippen molar-refractivity contribution < 1.29 is 0 Å². The van der Waals surface area contributed by atoms with E-state index in [4.69, 9.17) is 5.73 Å². The molecule has 0 radical (unpaired) electrons. The highest BCUT2D eigenvalue weighted by atomic mass is 15.0. The lowest BCUT2D eigenvalue weighted by Gasteiger charge is -2.10. The van der Waals surface area contributed by atoms with E-state index in [1.165, 1.54) is 11.1 Å². The maximum Gasteiger partial charge on any atom is 0.106 e. The Morgan fingerprint density at radius 2 is 2.18 bits per heavy atom. The van der Waals surface area contributed by atoms with Crippen molar-refractivity contribution in [2.45, 2.75) is 39.2 Å². The van der Waals surface area contributed by atoms with Crippen LogP contribution in [0.4, 0.5) is 0 Å². The summed E-state index contributed by atoms with van der Waals surface area (Å²) in [6, 6.07) is 6.74. The van der Waals surface area contributed by atoms with Crippen LogP contribution in [-0.2, 0) is 13.5 Å². The van der Waals surface area contributed by atoms with Crippen LogP contribution in [-0.4, -0.2) is 15.6 Å². The normalized spacial score (nSPS) is 13.2. The molecule has 0 saturated carbocycles. The van der Waals surface area contributed by atoms with Crippen LogP contribution in [0.3, 0.4) is 0 Å². The molecule has 92 valence electrons. The fraction of sp³-hybridized carbons (Fsp3) is 0.500. The van der Waals surface area contributed by atoms with Crippen molar-refractivity contribution in [3.63, 3.8) is 0 Å². The fourth-order valence-electron chi connectivity index (χ4n) is 2.27. The van der Waals surface area contributed by atoms with Gasteiger partial charge in [-0.2, -0.15) is 0 Å². The maximum absolute atomic E-state index is 6.07. The molecule has 0 aliphatic rings. The number of hydrogen-bond acceptors (Lipinski definition) is 2. The van der Waals surface area contributed by atoms with E-state index in [1.807, 2.05) is 14.0 Å². The van der Waals surface area contributed by atoms with Crippen LogP contribution < -0.4 is 5.73 Å². The Labute approximate surface area is 103 Å². The molecule has 3 nitrogen and oxygen atoms in total. The average molecular weight is 231 g/mol. The molecule has 1 aromatic heterocycles. The van der Waals surface area contributed by atoms with Gasteiger partial charge in [-0.05, 0) is 37.5 Å². The molecule has 1 heterocycles. The van der Waals surface area contributed by atoms with E-state index in [0.717, 1.165) is 30.6 Å². The summed E-state index contributed by atoms with van der Waals surface area (Å²) in [5, 5.41) is 0. The van der Waals surface area contributed by atoms with Crippen LogP contribution in [0.2, 0.25) is 0 Å². The zero-order chi connectivity index (χ0) is 12.4. The lowest BCUT2D eigenvalue weighted by Crippen LogP contribution is -2.22. The van der Waals surface area contributed by atoms with Gasteiger partial charge in [0, 0.05) is 13.1 Å². The zero-order valence-corrected chi connectivity index (χ0v) is 10.9. The molecule has 0 amide bonds. The van der Waals surface area contributed by atoms with Crippen molar-refractivity contribution in [1.29, 1.82) is 0 Å². The molecule has 0 aliphatic heterocycles. The lowest BCUT2D eigenvalue weighted by atomic mass is 10.0. The summed E-state index contributed by atoms with van der Waals surface area (Å²) >= 11 is 0. The summed E-state index contributed by atoms with van der Waals surface area (Å²) in [7, 11) is 2.05. The standard InChI is InChI=1S/C14H21N3/c1-4-5-12(15)8-11-6-7-14-13(9-11)16-10(2)17(14)3/h6-7,9,12H,4-5,8,15H2,1-3H3. The van der Waals surface area contributed by atoms with Gasteiger partial charge >= 0.3 is 0 Å². The minimum Gasteiger partial charge on any atom is -0.331 e. The number of imidazole rings is 1. The first-order valence-electron chi connectivity index (χ1n) is 6.29. The highest BCUT2D eigenvalue weighted by Gasteiger charge is 2.07. The molecule has 0 aliphatic carbocycles. The number of benzene rings is 1. The van der Waals surface area contributed by atoms with Crippen LogP contribution in [0.1, 0.15) is 31.2 Å². The number of hydrogen-bond donors (Lipinski definition) is 1. The van der Waals surface area contributed by atoms with Crippen LogP contribution >= 0.6 is 0 Å². The van der Waals surface area contributed by atoms with E-state index in [1.54, 1.807) is 0 Å². The minimum atomic E-state index is 0.266. The molecule has 0 saturated heterocycles. The third-order valence-electron chi connectivity index (χ3n) is 3.33. The molecule has 0 bridgehead atoms. The molecule has 0 fully saturated rings. The Bertz CT molecular complexity index is 513. The summed E-state index contributed by atoms with van der Waals surface area (Å²) < 4.78 is 2.12. The lowest BCUT2D eigenvalue weighted by molar-refractivity contribution is 0.600. The molecule has 3 heteroatoms. The quantitative estimate of drug-likeness (QED) is 0.878. The predicted molar refractivity (Wildman–Crippen MR) is 72.0 cm³/mol. The molecular weight excluding hydrogens is 210 g/mol. The highest BCUT2D eigenvalue weighted by Crippen LogP contribution is 2.17. The Balaban J connectivity index is 2.26. The molecule has 2 rings (SSSR count). The van der Waals surface area contributed by atoms with Gasteiger partial charge < -0.3 is 10.3 Å². The summed E-state index contributed by atoms with van der Waals surface area (Å²) in [6.45, 7) is 4.20. The summed E-state index contributed by atoms with van der Waals surface area (Å²) in [4.78, 5) is 4.55. The number of rotatable bonds is 4. The van der Waals surface area contributed by atoms with Gasteiger partial charge in [-0.15, -0.1) is 0 Å². The molecule has 1 atom stereocenters. The van der Waals surface area contributed by atoms with E-state index in [2.05, 4.69) is 34.7 Å². The van der Waals surface area contributed by atoms with Gasteiger partial charge in [-0.25, -0.2) is 4.98 Å². The maximum atomic E-state index is 6.07. The van der Waals surface area contributed by atoms with Crippen molar-refractivity contribution >= 4 is 11.0 Å². The minimum absolute atomic E-state index is 0.266. The van der Waals surface area contributed by atoms with Crippen molar-refractivity contribution in [3.05, 3.63) is 29.6 Å². The third kappa shape index (κ3) is 2.50. The van der Waals surface area contributed by atoms with Gasteiger partial charge in [0.05, 0.1) is 11.0 Å². The summed E-state index contributed by atoms with van der Waals surface area (Å²) in [5.41, 5.74) is 9.62. The van der Waals surface area contributed by atoms with Crippen LogP contribution in [0.15, 0.2) is 18.2 Å². The van der Waals surface area contributed by atoms with Crippen molar-refractivity contribution in [1.82, 2.24) is 9.55 Å². The average Bonchev–Trinajstić information content (AvgIpc) is 2.55. The Morgan fingerprint density at radius 1 is 1.41 bits per heavy atom. The number of aromatic nitrogens is 2. The van der Waals surface area contributed by atoms with E-state index in [0.29, 0.717) is 0 Å². The third-order valence-corrected chi connectivity index (χ3v) is 3.33. The van der Waals surface area contributed by atoms with Crippen LogP contribution in [0, 0.1) is 6.92 Å². The fourth-order valence-corrected chi connectivity index (χ4v) is 2.27. The molecule has 17 heavy (non-hydrogen) atoms. The zero-order valence-electron chi connectivity index (χ0n) is 10.9. The van der Waals surface area contributed by atoms with Gasteiger partial charge in [0.25, 0.3) is 0 Å². The molecule has 2 N–H and O–H groups in total. The summed E-state index contributed by atoms with van der Waals surface area (Å²) in [6.07, 6.45) is 3.17. The predicted octanol–water partition coefficient (Wildman–Crippen LogP) is 2.55. The molecule has 1 unspecified atom stereocenters. The Hall–Kier alpha value is -1.35. The largest absolute Gasteiger partial charge is 0.331 e. The van der Waals surface area contributed by atoms with Gasteiger partial charge in [0.15, 0.2) is 0 Å². The number of aryl methyl sites for hydroxylation is 2. The first kappa shape index (κ1) is 12.1. The van der Waals surface area contributed by atoms with Gasteiger partial charge in [-0.3, -0.25) is 0 Å². The van der Waals surface area contributed by atoms with Gasteiger partial charge in [0.2, 0.25) is 0 Å². The van der Waals surface area contributed by atoms with Crippen LogP contribution in [0.25, 0.3) is 11.0 Å². The number of nitrogens with two attached hydrogens (primary N) is 1. The molecule has 1 aromatic carbocycles. The second-order valence-electron chi connectivity index (χ2n) is 4.79. The number of nitrogens with zero attached hydrogens (tertiary/aromatic N) is 2. The van der Waals surface area contributed by atoms with E-state index < -0.39 is 0 Å². The van der Waals surface area contributed by atoms with Gasteiger partial charge in [-0.1, -0.05) is 19.4 Å². The Morgan fingerprint density at radius 3 is 2.88 bits per heavy atom. The van der Waals surface area contributed by atoms with Crippen molar-refractivity contribution in [2.24, 2.45) is 12.8 Å². The van der Waals surface area contributed by atoms with E-state index in [9.17, 15) is 0 Å². The number of fused-ring (bicyclic) bond motifs is 1. The Kier molecular flexibility index (Phi) is 3.48. The SMILES string of the molecule is CCCC(N)Cc1ccc2c(c1)nc(C)n2C. The summed E-state index contributed by atoms with van der Waals surface area (Å²) in [5.74, 6) is 1.05. The monoisotopic (exact) mass is 231 g/mol. The van der Waals surface area contributed by atoms with Crippen molar-refractivity contribution in [3.8, 4) is 0 Å². The van der Waals surface area contributed by atoms with Crippen LogP contribution in [0.5, 0.6) is 0 Å². The topological polar surface area (TPSA) is 43.8 Å². The molecule has 2 aromatic rings. The first-order valence-corrected chi connectivity index (χ1v) is 6.29. The second-order valence-corrected chi connectivity index (χ2v) is 4.79.